The topological polar surface area (TPSA) is 65.8 Å². The number of alkyl halides is 3. The number of piperidine rings is 1. The van der Waals surface area contributed by atoms with E-state index in [1.165, 1.54) is 6.07 Å². The molecule has 0 N–H and O–H groups in total. The van der Waals surface area contributed by atoms with Gasteiger partial charge in [-0.1, -0.05) is 6.07 Å². The minimum Gasteiger partial charge on any atom is -0.493 e. The molecule has 5 rings (SSSR count). The van der Waals surface area contributed by atoms with Gasteiger partial charge >= 0.3 is 6.18 Å². The first-order valence-electron chi connectivity index (χ1n) is 12.7. The van der Waals surface area contributed by atoms with Crippen LogP contribution in [0.1, 0.15) is 54.8 Å². The number of nitrogens with zero attached hydrogens (tertiary/aromatic N) is 3. The van der Waals surface area contributed by atoms with Crippen LogP contribution in [0, 0.1) is 0 Å². The van der Waals surface area contributed by atoms with E-state index < -0.39 is 11.7 Å². The van der Waals surface area contributed by atoms with Crippen LogP contribution in [0.4, 0.5) is 13.2 Å². The number of ether oxygens (including phenoxy) is 3. The highest BCUT2D eigenvalue weighted by molar-refractivity contribution is 5.92. The quantitative estimate of drug-likeness (QED) is 0.378. The molecule has 0 aliphatic carbocycles. The first-order chi connectivity index (χ1) is 18.3. The Morgan fingerprint density at radius 3 is 2.47 bits per heavy atom. The zero-order chi connectivity index (χ0) is 26.9. The van der Waals surface area contributed by atoms with Crippen LogP contribution in [0.25, 0.3) is 17.1 Å². The van der Waals surface area contributed by atoms with Crippen LogP contribution in [0.5, 0.6) is 11.5 Å². The number of hydrogen-bond donors (Lipinski definition) is 0. The Bertz CT molecular complexity index is 1340. The van der Waals surface area contributed by atoms with Crippen molar-refractivity contribution in [3.8, 4) is 11.5 Å². The molecule has 0 unspecified atom stereocenters. The fraction of sp³-hybridized carbons (Fsp3) is 0.429. The monoisotopic (exact) mass is 529 g/mol. The molecule has 3 aromatic rings. The zero-order valence-corrected chi connectivity index (χ0v) is 21.3. The molecule has 3 heterocycles. The lowest BCUT2D eigenvalue weighted by molar-refractivity contribution is -0.137. The Labute approximate surface area is 218 Å². The average molecular weight is 530 g/mol. The van der Waals surface area contributed by atoms with E-state index in [2.05, 4.69) is 4.98 Å². The number of amides is 1. The van der Waals surface area contributed by atoms with Crippen molar-refractivity contribution >= 4 is 23.0 Å². The van der Waals surface area contributed by atoms with Gasteiger partial charge in [0, 0.05) is 31.8 Å². The van der Waals surface area contributed by atoms with Gasteiger partial charge in [0.25, 0.3) is 0 Å². The van der Waals surface area contributed by atoms with E-state index in [0.717, 1.165) is 30.5 Å². The molecular weight excluding hydrogens is 499 g/mol. The van der Waals surface area contributed by atoms with Crippen molar-refractivity contribution < 1.29 is 32.2 Å². The number of carbonyl (C=O) groups is 1. The number of carbonyl (C=O) groups excluding carboxylic acids is 1. The molecule has 0 spiro atoms. The highest BCUT2D eigenvalue weighted by atomic mass is 19.4. The molecule has 0 saturated carbocycles. The van der Waals surface area contributed by atoms with Gasteiger partial charge in [-0.3, -0.25) is 4.79 Å². The molecule has 2 aromatic carbocycles. The Kier molecular flexibility index (Phi) is 7.34. The Morgan fingerprint density at radius 1 is 1.05 bits per heavy atom. The third-order valence-electron chi connectivity index (χ3n) is 7.23. The number of methoxy groups -OCH3 is 2. The average Bonchev–Trinajstić information content (AvgIpc) is 3.59. The summed E-state index contributed by atoms with van der Waals surface area (Å²) in [5.74, 6) is 1.78. The second kappa shape index (κ2) is 10.7. The van der Waals surface area contributed by atoms with Crippen LogP contribution in [0.15, 0.2) is 42.5 Å². The summed E-state index contributed by atoms with van der Waals surface area (Å²) < 4.78 is 58.5. The molecule has 0 bridgehead atoms. The fourth-order valence-electron chi connectivity index (χ4n) is 5.26. The number of benzene rings is 2. The van der Waals surface area contributed by atoms with Crippen molar-refractivity contribution in [2.75, 3.05) is 33.9 Å². The molecule has 0 radical (unpaired) electrons. The van der Waals surface area contributed by atoms with E-state index in [4.69, 9.17) is 14.2 Å². The maximum atomic E-state index is 13.3. The van der Waals surface area contributed by atoms with Crippen molar-refractivity contribution in [3.63, 3.8) is 0 Å². The summed E-state index contributed by atoms with van der Waals surface area (Å²) >= 11 is 0. The Balaban J connectivity index is 1.32. The van der Waals surface area contributed by atoms with Gasteiger partial charge in [-0.25, -0.2) is 4.98 Å². The number of hydrogen-bond acceptors (Lipinski definition) is 5. The number of imidazole rings is 1. The molecule has 10 heteroatoms. The SMILES string of the molecule is COc1ccc(/C=C/C(=O)N2CCC(n3c([C@@H]4CCCO4)nc4cc(C(F)(F)F)ccc43)CC2)cc1OC. The summed E-state index contributed by atoms with van der Waals surface area (Å²) in [6, 6.07) is 9.17. The predicted octanol–water partition coefficient (Wildman–Crippen LogP) is 5.80. The standard InChI is InChI=1S/C28H30F3N3O4/c1-36-23-9-5-18(16-25(23)37-2)6-10-26(35)33-13-11-20(12-14-33)34-22-8-7-19(28(29,30)31)17-21(22)32-27(34)24-4-3-15-38-24/h5-10,16-17,20,24H,3-4,11-15H2,1-2H3/b10-6+/t24-/m0/s1. The molecule has 1 atom stereocenters. The summed E-state index contributed by atoms with van der Waals surface area (Å²) in [4.78, 5) is 19.3. The molecule has 202 valence electrons. The van der Waals surface area contributed by atoms with Gasteiger partial charge in [-0.05, 0) is 67.7 Å². The van der Waals surface area contributed by atoms with E-state index in [1.807, 2.05) is 10.6 Å². The summed E-state index contributed by atoms with van der Waals surface area (Å²) in [5, 5.41) is 0. The fourth-order valence-corrected chi connectivity index (χ4v) is 5.26. The Morgan fingerprint density at radius 2 is 1.82 bits per heavy atom. The number of fused-ring (bicyclic) bond motifs is 1. The van der Waals surface area contributed by atoms with E-state index in [1.54, 1.807) is 43.4 Å². The van der Waals surface area contributed by atoms with E-state index in [9.17, 15) is 18.0 Å². The maximum Gasteiger partial charge on any atom is 0.416 e. The van der Waals surface area contributed by atoms with Crippen LogP contribution in [-0.4, -0.2) is 54.3 Å². The molecular formula is C28H30F3N3O4. The number of aromatic nitrogens is 2. The highest BCUT2D eigenvalue weighted by Crippen LogP contribution is 2.38. The summed E-state index contributed by atoms with van der Waals surface area (Å²) in [6.07, 6.45) is 1.64. The molecule has 1 amide bonds. The summed E-state index contributed by atoms with van der Waals surface area (Å²) in [6.45, 7) is 1.68. The first kappa shape index (κ1) is 26.1. The van der Waals surface area contributed by atoms with Crippen LogP contribution in [0.2, 0.25) is 0 Å². The minimum atomic E-state index is -4.43. The van der Waals surface area contributed by atoms with Gasteiger partial charge in [0.1, 0.15) is 11.9 Å². The number of halogens is 3. The normalized spacial score (nSPS) is 19.0. The third-order valence-corrected chi connectivity index (χ3v) is 7.23. The first-order valence-corrected chi connectivity index (χ1v) is 12.7. The van der Waals surface area contributed by atoms with Gasteiger partial charge in [0.15, 0.2) is 11.5 Å². The summed E-state index contributed by atoms with van der Waals surface area (Å²) in [7, 11) is 3.13. The molecule has 38 heavy (non-hydrogen) atoms. The van der Waals surface area contributed by atoms with E-state index in [0.29, 0.717) is 60.9 Å². The van der Waals surface area contributed by atoms with Gasteiger partial charge < -0.3 is 23.7 Å². The van der Waals surface area contributed by atoms with Gasteiger partial charge in [0.2, 0.25) is 5.91 Å². The lowest BCUT2D eigenvalue weighted by Gasteiger charge is -2.33. The molecule has 2 aliphatic rings. The van der Waals surface area contributed by atoms with Gasteiger partial charge in [-0.15, -0.1) is 0 Å². The van der Waals surface area contributed by atoms with Crippen molar-refractivity contribution in [3.05, 3.63) is 59.4 Å². The van der Waals surface area contributed by atoms with Gasteiger partial charge in [-0.2, -0.15) is 13.2 Å². The van der Waals surface area contributed by atoms with Crippen LogP contribution in [-0.2, 0) is 15.7 Å². The molecule has 2 saturated heterocycles. The molecule has 2 aliphatic heterocycles. The maximum absolute atomic E-state index is 13.3. The van der Waals surface area contributed by atoms with Gasteiger partial charge in [0.05, 0.1) is 30.8 Å². The van der Waals surface area contributed by atoms with E-state index in [-0.39, 0.29) is 18.1 Å². The lowest BCUT2D eigenvalue weighted by atomic mass is 10.0. The zero-order valence-electron chi connectivity index (χ0n) is 21.3. The van der Waals surface area contributed by atoms with Crippen LogP contribution < -0.4 is 9.47 Å². The minimum absolute atomic E-state index is 0.00909. The van der Waals surface area contributed by atoms with Crippen molar-refractivity contribution in [1.29, 1.82) is 0 Å². The van der Waals surface area contributed by atoms with Crippen molar-refractivity contribution in [1.82, 2.24) is 14.5 Å². The van der Waals surface area contributed by atoms with Crippen LogP contribution in [0.3, 0.4) is 0 Å². The van der Waals surface area contributed by atoms with E-state index >= 15 is 0 Å². The number of likely N-dealkylation sites (tertiary alicyclic amines) is 1. The molecule has 1 aromatic heterocycles. The molecule has 2 fully saturated rings. The number of rotatable bonds is 6. The highest BCUT2D eigenvalue weighted by Gasteiger charge is 2.34. The van der Waals surface area contributed by atoms with Crippen LogP contribution >= 0.6 is 0 Å². The smallest absolute Gasteiger partial charge is 0.416 e. The van der Waals surface area contributed by atoms with Crippen molar-refractivity contribution in [2.24, 2.45) is 0 Å². The second-order valence-electron chi connectivity index (χ2n) is 9.55. The third kappa shape index (κ3) is 5.22. The van der Waals surface area contributed by atoms with Crippen molar-refractivity contribution in [2.45, 2.75) is 44.0 Å². The lowest BCUT2D eigenvalue weighted by Crippen LogP contribution is -2.38. The molecule has 7 nitrogen and oxygen atoms in total. The predicted molar refractivity (Wildman–Crippen MR) is 136 cm³/mol. The Hall–Kier alpha value is -3.53. The second-order valence-corrected chi connectivity index (χ2v) is 9.55. The summed E-state index contributed by atoms with van der Waals surface area (Å²) in [5.41, 5.74) is 1.09. The largest absolute Gasteiger partial charge is 0.493 e.